The predicted molar refractivity (Wildman–Crippen MR) is 95.4 cm³/mol. The number of aryl methyl sites for hydroxylation is 1. The number of ether oxygens (including phenoxy) is 1. The third-order valence-corrected chi connectivity index (χ3v) is 4.46. The molecule has 0 radical (unpaired) electrons. The van der Waals surface area contributed by atoms with Crippen molar-refractivity contribution in [3.63, 3.8) is 0 Å². The van der Waals surface area contributed by atoms with Gasteiger partial charge in [0.1, 0.15) is 5.75 Å². The topological polar surface area (TPSA) is 50.4 Å². The summed E-state index contributed by atoms with van der Waals surface area (Å²) in [7, 11) is 1.56. The number of halogens is 1. The molecule has 1 amide bonds. The van der Waals surface area contributed by atoms with Crippen molar-refractivity contribution in [3.05, 3.63) is 34.4 Å². The lowest BCUT2D eigenvalue weighted by atomic mass is 9.97. The summed E-state index contributed by atoms with van der Waals surface area (Å²) in [6.45, 7) is 3.02. The highest BCUT2D eigenvalue weighted by Gasteiger charge is 2.10. The van der Waals surface area contributed by atoms with Gasteiger partial charge in [0.2, 0.25) is 5.91 Å². The van der Waals surface area contributed by atoms with Crippen LogP contribution in [-0.4, -0.2) is 26.1 Å². The average Bonchev–Trinajstić information content (AvgIpc) is 2.56. The van der Waals surface area contributed by atoms with Crippen LogP contribution in [0.1, 0.15) is 37.7 Å². The van der Waals surface area contributed by atoms with Crippen LogP contribution in [-0.2, 0) is 4.79 Å². The van der Waals surface area contributed by atoms with Gasteiger partial charge in [-0.2, -0.15) is 0 Å². The molecular weight excluding hydrogens is 312 g/mol. The SMILES string of the molecule is COc1cc(Cl)c(C)cc1NC(=O)CNCCC1=CCCCC1. The molecule has 0 heterocycles. The summed E-state index contributed by atoms with van der Waals surface area (Å²) in [4.78, 5) is 12.1. The lowest BCUT2D eigenvalue weighted by molar-refractivity contribution is -0.115. The second-order valence-corrected chi connectivity index (χ2v) is 6.29. The fraction of sp³-hybridized carbons (Fsp3) is 0.500. The highest BCUT2D eigenvalue weighted by atomic mass is 35.5. The Bertz CT molecular complexity index is 585. The number of carbonyl (C=O) groups excluding carboxylic acids is 1. The number of benzene rings is 1. The van der Waals surface area contributed by atoms with E-state index in [0.29, 0.717) is 16.5 Å². The predicted octanol–water partition coefficient (Wildman–Crippen LogP) is 4.08. The molecule has 2 N–H and O–H groups in total. The molecule has 1 aliphatic carbocycles. The van der Waals surface area contributed by atoms with Crippen molar-refractivity contribution in [3.8, 4) is 5.75 Å². The van der Waals surface area contributed by atoms with Gasteiger partial charge in [-0.25, -0.2) is 0 Å². The molecule has 0 saturated carbocycles. The van der Waals surface area contributed by atoms with E-state index in [0.717, 1.165) is 18.5 Å². The molecule has 1 aromatic carbocycles. The molecule has 4 nitrogen and oxygen atoms in total. The van der Waals surface area contributed by atoms with Crippen LogP contribution in [0.4, 0.5) is 5.69 Å². The number of allylic oxidation sites excluding steroid dienone is 1. The van der Waals surface area contributed by atoms with Crippen LogP contribution in [0.2, 0.25) is 5.02 Å². The molecule has 0 aliphatic heterocycles. The van der Waals surface area contributed by atoms with Crippen molar-refractivity contribution in [1.29, 1.82) is 0 Å². The zero-order valence-electron chi connectivity index (χ0n) is 13.9. The largest absolute Gasteiger partial charge is 0.495 e. The molecule has 5 heteroatoms. The van der Waals surface area contributed by atoms with Gasteiger partial charge in [-0.05, 0) is 57.2 Å². The lowest BCUT2D eigenvalue weighted by Crippen LogP contribution is -2.29. The van der Waals surface area contributed by atoms with E-state index in [-0.39, 0.29) is 12.5 Å². The third kappa shape index (κ3) is 5.56. The molecule has 0 aromatic heterocycles. The maximum atomic E-state index is 12.1. The number of carbonyl (C=O) groups is 1. The highest BCUT2D eigenvalue weighted by Crippen LogP contribution is 2.30. The summed E-state index contributed by atoms with van der Waals surface area (Å²) in [6.07, 6.45) is 8.37. The first-order chi connectivity index (χ1) is 11.1. The maximum absolute atomic E-state index is 12.1. The number of rotatable bonds is 7. The summed E-state index contributed by atoms with van der Waals surface area (Å²) >= 11 is 6.07. The number of anilines is 1. The van der Waals surface area contributed by atoms with Gasteiger partial charge in [0.15, 0.2) is 0 Å². The normalized spacial score (nSPS) is 14.3. The Morgan fingerprint density at radius 3 is 2.87 bits per heavy atom. The van der Waals surface area contributed by atoms with Crippen LogP contribution in [0.5, 0.6) is 5.75 Å². The number of methoxy groups -OCH3 is 1. The second kappa shape index (κ2) is 8.94. The Morgan fingerprint density at radius 1 is 1.35 bits per heavy atom. The smallest absolute Gasteiger partial charge is 0.238 e. The van der Waals surface area contributed by atoms with Crippen molar-refractivity contribution < 1.29 is 9.53 Å². The molecule has 0 atom stereocenters. The molecule has 0 saturated heterocycles. The Hall–Kier alpha value is -1.52. The molecule has 1 aromatic rings. The van der Waals surface area contributed by atoms with E-state index in [9.17, 15) is 4.79 Å². The molecule has 126 valence electrons. The molecule has 0 spiro atoms. The Balaban J connectivity index is 1.78. The van der Waals surface area contributed by atoms with E-state index in [2.05, 4.69) is 16.7 Å². The van der Waals surface area contributed by atoms with Crippen molar-refractivity contribution in [2.45, 2.75) is 39.0 Å². The van der Waals surface area contributed by atoms with Gasteiger partial charge in [-0.3, -0.25) is 4.79 Å². The molecule has 0 unspecified atom stereocenters. The van der Waals surface area contributed by atoms with Gasteiger partial charge in [0.25, 0.3) is 0 Å². The first kappa shape index (κ1) is 17.8. The third-order valence-electron chi connectivity index (χ3n) is 4.05. The maximum Gasteiger partial charge on any atom is 0.238 e. The molecule has 23 heavy (non-hydrogen) atoms. The summed E-state index contributed by atoms with van der Waals surface area (Å²) in [6, 6.07) is 3.54. The zero-order chi connectivity index (χ0) is 16.7. The number of nitrogens with one attached hydrogen (secondary N) is 2. The monoisotopic (exact) mass is 336 g/mol. The fourth-order valence-corrected chi connectivity index (χ4v) is 2.86. The minimum atomic E-state index is -0.0809. The van der Waals surface area contributed by atoms with Gasteiger partial charge >= 0.3 is 0 Å². The summed E-state index contributed by atoms with van der Waals surface area (Å²) < 4.78 is 5.26. The molecule has 0 bridgehead atoms. The van der Waals surface area contributed by atoms with E-state index in [1.807, 2.05) is 13.0 Å². The Kier molecular flexibility index (Phi) is 6.93. The van der Waals surface area contributed by atoms with Crippen molar-refractivity contribution in [1.82, 2.24) is 5.32 Å². The van der Waals surface area contributed by atoms with E-state index in [4.69, 9.17) is 16.3 Å². The summed E-state index contributed by atoms with van der Waals surface area (Å²) in [5.74, 6) is 0.490. The van der Waals surface area contributed by atoms with Gasteiger partial charge in [-0.1, -0.05) is 23.3 Å². The first-order valence-corrected chi connectivity index (χ1v) is 8.50. The molecule has 0 fully saturated rings. The van der Waals surface area contributed by atoms with Crippen LogP contribution < -0.4 is 15.4 Å². The van der Waals surface area contributed by atoms with E-state index < -0.39 is 0 Å². The van der Waals surface area contributed by atoms with Crippen LogP contribution in [0, 0.1) is 6.92 Å². The van der Waals surface area contributed by atoms with Crippen molar-refractivity contribution in [2.75, 3.05) is 25.5 Å². The number of hydrogen-bond donors (Lipinski definition) is 2. The number of hydrogen-bond acceptors (Lipinski definition) is 3. The Labute approximate surface area is 143 Å². The first-order valence-electron chi connectivity index (χ1n) is 8.12. The van der Waals surface area contributed by atoms with E-state index in [1.165, 1.54) is 31.3 Å². The van der Waals surface area contributed by atoms with Gasteiger partial charge < -0.3 is 15.4 Å². The lowest BCUT2D eigenvalue weighted by Gasteiger charge is -2.14. The summed E-state index contributed by atoms with van der Waals surface area (Å²) in [5, 5.41) is 6.69. The van der Waals surface area contributed by atoms with Crippen LogP contribution in [0.3, 0.4) is 0 Å². The minimum absolute atomic E-state index is 0.0809. The standard InChI is InChI=1S/C18H25ClN2O2/c1-13-10-16(17(23-2)11-15(13)19)21-18(22)12-20-9-8-14-6-4-3-5-7-14/h6,10-11,20H,3-5,7-9,12H2,1-2H3,(H,21,22). The van der Waals surface area contributed by atoms with Crippen LogP contribution in [0.25, 0.3) is 0 Å². The highest BCUT2D eigenvalue weighted by molar-refractivity contribution is 6.31. The minimum Gasteiger partial charge on any atom is -0.495 e. The Morgan fingerprint density at radius 2 is 2.17 bits per heavy atom. The zero-order valence-corrected chi connectivity index (χ0v) is 14.6. The van der Waals surface area contributed by atoms with Gasteiger partial charge in [0, 0.05) is 11.1 Å². The molecule has 2 rings (SSSR count). The van der Waals surface area contributed by atoms with Crippen LogP contribution in [0.15, 0.2) is 23.8 Å². The van der Waals surface area contributed by atoms with Gasteiger partial charge in [-0.15, -0.1) is 0 Å². The van der Waals surface area contributed by atoms with Crippen molar-refractivity contribution >= 4 is 23.2 Å². The van der Waals surface area contributed by atoms with Gasteiger partial charge in [0.05, 0.1) is 19.3 Å². The fourth-order valence-electron chi connectivity index (χ4n) is 2.71. The molecule has 1 aliphatic rings. The number of amides is 1. The van der Waals surface area contributed by atoms with E-state index in [1.54, 1.807) is 13.2 Å². The summed E-state index contributed by atoms with van der Waals surface area (Å²) in [5.41, 5.74) is 3.07. The van der Waals surface area contributed by atoms with Crippen LogP contribution >= 0.6 is 11.6 Å². The van der Waals surface area contributed by atoms with E-state index >= 15 is 0 Å². The quantitative estimate of drug-likeness (QED) is 0.582. The average molecular weight is 337 g/mol. The molecular formula is C18H25ClN2O2. The second-order valence-electron chi connectivity index (χ2n) is 5.88. The van der Waals surface area contributed by atoms with Crippen molar-refractivity contribution in [2.24, 2.45) is 0 Å².